The Hall–Kier alpha value is -3.90. The van der Waals surface area contributed by atoms with E-state index in [4.69, 9.17) is 5.26 Å². The number of aryl methyl sites for hydroxylation is 1. The quantitative estimate of drug-likeness (QED) is 0.583. The number of likely N-dealkylation sites (tertiary alicyclic amines) is 1. The summed E-state index contributed by atoms with van der Waals surface area (Å²) in [5.74, 6) is 0.0685. The Morgan fingerprint density at radius 2 is 1.82 bits per heavy atom. The van der Waals surface area contributed by atoms with Gasteiger partial charge >= 0.3 is 0 Å². The topological polar surface area (TPSA) is 85.7 Å². The zero-order chi connectivity index (χ0) is 23.3. The molecule has 0 atom stereocenters. The molecule has 33 heavy (non-hydrogen) atoms. The molecular formula is C27H27N5O. The highest BCUT2D eigenvalue weighted by Crippen LogP contribution is 2.35. The molecule has 0 spiro atoms. The van der Waals surface area contributed by atoms with Gasteiger partial charge in [0, 0.05) is 31.5 Å². The fourth-order valence-corrected chi connectivity index (χ4v) is 4.47. The number of aromatic nitrogens is 2. The van der Waals surface area contributed by atoms with Gasteiger partial charge in [-0.05, 0) is 55.0 Å². The standard InChI is InChI=1S/C27H27N5O/c1-21-4-2-3-5-24(21)15-27(19-29)10-12-31(13-11-27)26(33)14-25-17-30-20-32(25)18-23-8-6-22(16-28)7-9-23/h2-9,17,20H,10-15,18H2,1H3. The Balaban J connectivity index is 1.37. The van der Waals surface area contributed by atoms with Crippen molar-refractivity contribution >= 4 is 5.91 Å². The van der Waals surface area contributed by atoms with Gasteiger partial charge < -0.3 is 9.47 Å². The van der Waals surface area contributed by atoms with Crippen LogP contribution in [0.3, 0.4) is 0 Å². The van der Waals surface area contributed by atoms with Gasteiger partial charge in [0.15, 0.2) is 0 Å². The van der Waals surface area contributed by atoms with Gasteiger partial charge in [0.25, 0.3) is 0 Å². The molecule has 1 fully saturated rings. The molecule has 0 aliphatic carbocycles. The van der Waals surface area contributed by atoms with Crippen molar-refractivity contribution in [2.45, 2.75) is 39.2 Å². The normalized spacial score (nSPS) is 14.9. The van der Waals surface area contributed by atoms with Crippen LogP contribution < -0.4 is 0 Å². The van der Waals surface area contributed by atoms with E-state index < -0.39 is 5.41 Å². The van der Waals surface area contributed by atoms with E-state index in [1.807, 2.05) is 33.7 Å². The maximum atomic E-state index is 13.0. The number of imidazole rings is 1. The molecule has 1 amide bonds. The second kappa shape index (κ2) is 9.71. The Morgan fingerprint density at radius 3 is 2.48 bits per heavy atom. The molecule has 0 N–H and O–H groups in total. The fraction of sp³-hybridized carbons (Fsp3) is 0.333. The van der Waals surface area contributed by atoms with Crippen LogP contribution in [0, 0.1) is 35.0 Å². The molecule has 4 rings (SSSR count). The first kappa shape index (κ1) is 22.3. The summed E-state index contributed by atoms with van der Waals surface area (Å²) in [5.41, 5.74) is 4.54. The monoisotopic (exact) mass is 437 g/mol. The predicted molar refractivity (Wildman–Crippen MR) is 125 cm³/mol. The second-order valence-electron chi connectivity index (χ2n) is 8.87. The van der Waals surface area contributed by atoms with Crippen molar-refractivity contribution in [3.8, 4) is 12.1 Å². The smallest absolute Gasteiger partial charge is 0.228 e. The first-order valence-corrected chi connectivity index (χ1v) is 11.2. The van der Waals surface area contributed by atoms with Crippen LogP contribution in [-0.4, -0.2) is 33.4 Å². The third-order valence-corrected chi connectivity index (χ3v) is 6.67. The van der Waals surface area contributed by atoms with Crippen LogP contribution in [0.1, 0.15) is 40.8 Å². The van der Waals surface area contributed by atoms with E-state index in [1.165, 1.54) is 11.1 Å². The average molecular weight is 438 g/mol. The first-order valence-electron chi connectivity index (χ1n) is 11.2. The number of hydrogen-bond donors (Lipinski definition) is 0. The van der Waals surface area contributed by atoms with Crippen LogP contribution in [0.5, 0.6) is 0 Å². The van der Waals surface area contributed by atoms with Crippen LogP contribution in [0.25, 0.3) is 0 Å². The van der Waals surface area contributed by atoms with E-state index >= 15 is 0 Å². The van der Waals surface area contributed by atoms with Gasteiger partial charge in [0.2, 0.25) is 5.91 Å². The van der Waals surface area contributed by atoms with E-state index in [1.54, 1.807) is 24.7 Å². The third-order valence-electron chi connectivity index (χ3n) is 6.67. The number of benzene rings is 2. The van der Waals surface area contributed by atoms with Crippen LogP contribution in [0.15, 0.2) is 61.1 Å². The largest absolute Gasteiger partial charge is 0.342 e. The summed E-state index contributed by atoms with van der Waals surface area (Å²) in [6, 6.07) is 20.3. The average Bonchev–Trinajstić information content (AvgIpc) is 3.27. The number of rotatable bonds is 6. The van der Waals surface area contributed by atoms with Gasteiger partial charge in [-0.2, -0.15) is 10.5 Å². The third kappa shape index (κ3) is 5.13. The molecule has 0 unspecified atom stereocenters. The minimum atomic E-state index is -0.416. The Kier molecular flexibility index (Phi) is 6.56. The summed E-state index contributed by atoms with van der Waals surface area (Å²) in [6.07, 6.45) is 5.87. The van der Waals surface area contributed by atoms with Crippen molar-refractivity contribution < 1.29 is 4.79 Å². The predicted octanol–water partition coefficient (Wildman–Crippen LogP) is 4.03. The van der Waals surface area contributed by atoms with Crippen molar-refractivity contribution in [2.24, 2.45) is 5.41 Å². The number of hydrogen-bond acceptors (Lipinski definition) is 4. The summed E-state index contributed by atoms with van der Waals surface area (Å²) in [7, 11) is 0. The van der Waals surface area contributed by atoms with E-state index in [2.05, 4.69) is 36.2 Å². The molecule has 1 saturated heterocycles. The summed E-state index contributed by atoms with van der Waals surface area (Å²) in [5, 5.41) is 18.9. The minimum Gasteiger partial charge on any atom is -0.342 e. The van der Waals surface area contributed by atoms with Crippen LogP contribution in [-0.2, 0) is 24.2 Å². The Labute approximate surface area is 194 Å². The molecule has 2 aromatic carbocycles. The number of amides is 1. The summed E-state index contributed by atoms with van der Waals surface area (Å²) < 4.78 is 1.97. The maximum Gasteiger partial charge on any atom is 0.228 e. The number of nitriles is 2. The van der Waals surface area contributed by atoms with Gasteiger partial charge in [-0.1, -0.05) is 36.4 Å². The number of carbonyl (C=O) groups is 1. The van der Waals surface area contributed by atoms with Crippen molar-refractivity contribution in [1.29, 1.82) is 10.5 Å². The minimum absolute atomic E-state index is 0.0685. The molecule has 6 nitrogen and oxygen atoms in total. The molecular weight excluding hydrogens is 410 g/mol. The lowest BCUT2D eigenvalue weighted by Crippen LogP contribution is -2.44. The molecule has 2 heterocycles. The zero-order valence-electron chi connectivity index (χ0n) is 18.9. The lowest BCUT2D eigenvalue weighted by Gasteiger charge is -2.37. The number of piperidine rings is 1. The van der Waals surface area contributed by atoms with E-state index in [0.29, 0.717) is 38.0 Å². The van der Waals surface area contributed by atoms with Crippen molar-refractivity contribution in [3.63, 3.8) is 0 Å². The molecule has 3 aromatic rings. The molecule has 0 radical (unpaired) electrons. The molecule has 1 aliphatic rings. The lowest BCUT2D eigenvalue weighted by atomic mass is 9.74. The van der Waals surface area contributed by atoms with Gasteiger partial charge in [-0.25, -0.2) is 4.98 Å². The molecule has 0 saturated carbocycles. The second-order valence-corrected chi connectivity index (χ2v) is 8.87. The summed E-state index contributed by atoms with van der Waals surface area (Å²) >= 11 is 0. The lowest BCUT2D eigenvalue weighted by molar-refractivity contribution is -0.132. The van der Waals surface area contributed by atoms with Crippen molar-refractivity contribution in [3.05, 3.63) is 89.0 Å². The van der Waals surface area contributed by atoms with Gasteiger partial charge in [-0.15, -0.1) is 0 Å². The maximum absolute atomic E-state index is 13.0. The molecule has 166 valence electrons. The molecule has 1 aliphatic heterocycles. The molecule has 1 aromatic heterocycles. The van der Waals surface area contributed by atoms with Crippen LogP contribution >= 0.6 is 0 Å². The van der Waals surface area contributed by atoms with E-state index in [0.717, 1.165) is 17.7 Å². The van der Waals surface area contributed by atoms with Crippen LogP contribution in [0.2, 0.25) is 0 Å². The Morgan fingerprint density at radius 1 is 1.09 bits per heavy atom. The van der Waals surface area contributed by atoms with Gasteiger partial charge in [0.05, 0.1) is 35.9 Å². The van der Waals surface area contributed by atoms with E-state index in [9.17, 15) is 10.1 Å². The summed E-state index contributed by atoms with van der Waals surface area (Å²) in [6.45, 7) is 3.88. The van der Waals surface area contributed by atoms with Crippen molar-refractivity contribution in [1.82, 2.24) is 14.5 Å². The molecule has 6 heteroatoms. The van der Waals surface area contributed by atoms with E-state index in [-0.39, 0.29) is 12.3 Å². The van der Waals surface area contributed by atoms with Crippen molar-refractivity contribution in [2.75, 3.05) is 13.1 Å². The van der Waals surface area contributed by atoms with Gasteiger partial charge in [-0.3, -0.25) is 4.79 Å². The first-order chi connectivity index (χ1) is 16.0. The fourth-order valence-electron chi connectivity index (χ4n) is 4.47. The SMILES string of the molecule is Cc1ccccc1CC1(C#N)CCN(C(=O)Cc2cncn2Cc2ccc(C#N)cc2)CC1. The highest BCUT2D eigenvalue weighted by atomic mass is 16.2. The van der Waals surface area contributed by atoms with Gasteiger partial charge in [0.1, 0.15) is 0 Å². The number of carbonyl (C=O) groups excluding carboxylic acids is 1. The van der Waals surface area contributed by atoms with Crippen LogP contribution in [0.4, 0.5) is 0 Å². The number of nitrogens with zero attached hydrogens (tertiary/aromatic N) is 5. The highest BCUT2D eigenvalue weighted by molar-refractivity contribution is 5.78. The Bertz CT molecular complexity index is 1200. The highest BCUT2D eigenvalue weighted by Gasteiger charge is 2.36. The molecule has 0 bridgehead atoms. The zero-order valence-corrected chi connectivity index (χ0v) is 18.9. The summed E-state index contributed by atoms with van der Waals surface area (Å²) in [4.78, 5) is 19.2.